The van der Waals surface area contributed by atoms with Gasteiger partial charge in [0.25, 0.3) is 0 Å². The summed E-state index contributed by atoms with van der Waals surface area (Å²) in [5.74, 6) is 0. The van der Waals surface area contributed by atoms with Crippen molar-refractivity contribution in [1.29, 1.82) is 5.26 Å². The van der Waals surface area contributed by atoms with E-state index in [0.717, 1.165) is 5.56 Å². The normalized spacial score (nSPS) is 10.6. The lowest BCUT2D eigenvalue weighted by Crippen LogP contribution is -2.48. The average Bonchev–Trinajstić information content (AvgIpc) is 2.48. The summed E-state index contributed by atoms with van der Waals surface area (Å²) in [4.78, 5) is 13.4. The highest BCUT2D eigenvalue weighted by Gasteiger charge is 2.35. The van der Waals surface area contributed by atoms with Crippen molar-refractivity contribution in [2.75, 3.05) is 7.05 Å². The lowest BCUT2D eigenvalue weighted by Gasteiger charge is -2.33. The number of amides is 1. The second-order valence-electron chi connectivity index (χ2n) is 4.45. The number of nitrogens with zero attached hydrogens (tertiary/aromatic N) is 2. The van der Waals surface area contributed by atoms with Gasteiger partial charge in [0.15, 0.2) is 0 Å². The Balaban J connectivity index is 2.65. The predicted octanol–water partition coefficient (Wildman–Crippen LogP) is 3.34. The number of hydrogen-bond donors (Lipinski definition) is 0. The standard InChI is InChI=1S/C15H20N2O2/c1-4-15(5-2,12-16)17(3)14(18)19-11-13-9-7-6-8-10-13/h6-10H,4-5,11H2,1-3H3. The van der Waals surface area contributed by atoms with Crippen LogP contribution in [-0.4, -0.2) is 23.6 Å². The molecule has 0 fully saturated rings. The van der Waals surface area contributed by atoms with Crippen LogP contribution in [0.1, 0.15) is 32.3 Å². The van der Waals surface area contributed by atoms with Crippen LogP contribution >= 0.6 is 0 Å². The van der Waals surface area contributed by atoms with Gasteiger partial charge >= 0.3 is 6.09 Å². The Kier molecular flexibility index (Phi) is 5.37. The molecule has 0 atom stereocenters. The molecule has 0 spiro atoms. The van der Waals surface area contributed by atoms with Gasteiger partial charge in [0, 0.05) is 7.05 Å². The minimum atomic E-state index is -0.784. The zero-order valence-electron chi connectivity index (χ0n) is 11.7. The Labute approximate surface area is 114 Å². The van der Waals surface area contributed by atoms with Gasteiger partial charge in [0.2, 0.25) is 0 Å². The number of nitriles is 1. The molecule has 0 aliphatic carbocycles. The van der Waals surface area contributed by atoms with E-state index in [2.05, 4.69) is 6.07 Å². The van der Waals surface area contributed by atoms with E-state index < -0.39 is 11.6 Å². The highest BCUT2D eigenvalue weighted by atomic mass is 16.6. The first-order valence-corrected chi connectivity index (χ1v) is 6.45. The molecule has 1 amide bonds. The van der Waals surface area contributed by atoms with Crippen molar-refractivity contribution in [1.82, 2.24) is 4.90 Å². The van der Waals surface area contributed by atoms with Crippen LogP contribution in [0.2, 0.25) is 0 Å². The van der Waals surface area contributed by atoms with Crippen LogP contribution in [0.25, 0.3) is 0 Å². The van der Waals surface area contributed by atoms with E-state index in [0.29, 0.717) is 12.8 Å². The van der Waals surface area contributed by atoms with Crippen molar-refractivity contribution in [3.05, 3.63) is 35.9 Å². The minimum absolute atomic E-state index is 0.221. The van der Waals surface area contributed by atoms with Crippen molar-refractivity contribution < 1.29 is 9.53 Å². The first kappa shape index (κ1) is 15.0. The SMILES string of the molecule is CCC(C#N)(CC)N(C)C(=O)OCc1ccccc1. The first-order chi connectivity index (χ1) is 9.09. The summed E-state index contributed by atoms with van der Waals surface area (Å²) in [5, 5.41) is 9.28. The van der Waals surface area contributed by atoms with Gasteiger partial charge in [-0.3, -0.25) is 4.90 Å². The number of rotatable bonds is 5. The quantitative estimate of drug-likeness (QED) is 0.816. The van der Waals surface area contributed by atoms with Crippen molar-refractivity contribution in [2.45, 2.75) is 38.8 Å². The van der Waals surface area contributed by atoms with Crippen molar-refractivity contribution in [3.8, 4) is 6.07 Å². The number of carbonyl (C=O) groups excluding carboxylic acids is 1. The maximum absolute atomic E-state index is 12.0. The third kappa shape index (κ3) is 3.47. The van der Waals surface area contributed by atoms with Gasteiger partial charge in [-0.2, -0.15) is 5.26 Å². The van der Waals surface area contributed by atoms with Crippen LogP contribution in [0, 0.1) is 11.3 Å². The molecule has 0 aromatic heterocycles. The Morgan fingerprint density at radius 3 is 2.37 bits per heavy atom. The molecule has 1 aromatic rings. The fourth-order valence-electron chi connectivity index (χ4n) is 1.95. The summed E-state index contributed by atoms with van der Waals surface area (Å²) < 4.78 is 5.24. The van der Waals surface area contributed by atoms with Crippen LogP contribution in [0.15, 0.2) is 30.3 Å². The van der Waals surface area contributed by atoms with Gasteiger partial charge in [0.05, 0.1) is 6.07 Å². The molecule has 0 N–H and O–H groups in total. The van der Waals surface area contributed by atoms with Gasteiger partial charge in [-0.15, -0.1) is 0 Å². The maximum Gasteiger partial charge on any atom is 0.411 e. The molecule has 4 heteroatoms. The zero-order valence-corrected chi connectivity index (χ0v) is 11.7. The maximum atomic E-state index is 12.0. The molecule has 0 aliphatic heterocycles. The fraction of sp³-hybridized carbons (Fsp3) is 0.467. The molecule has 19 heavy (non-hydrogen) atoms. The molecule has 0 aliphatic rings. The topological polar surface area (TPSA) is 53.3 Å². The van der Waals surface area contributed by atoms with Gasteiger partial charge in [-0.25, -0.2) is 4.79 Å². The number of carbonyl (C=O) groups is 1. The second kappa shape index (κ2) is 6.79. The Morgan fingerprint density at radius 2 is 1.89 bits per heavy atom. The summed E-state index contributed by atoms with van der Waals surface area (Å²) >= 11 is 0. The van der Waals surface area contributed by atoms with Crippen molar-refractivity contribution >= 4 is 6.09 Å². The smallest absolute Gasteiger partial charge is 0.411 e. The summed E-state index contributed by atoms with van der Waals surface area (Å²) in [6, 6.07) is 11.7. The van der Waals surface area contributed by atoms with E-state index in [1.54, 1.807) is 7.05 Å². The van der Waals surface area contributed by atoms with Crippen molar-refractivity contribution in [2.24, 2.45) is 0 Å². The lowest BCUT2D eigenvalue weighted by molar-refractivity contribution is 0.0733. The van der Waals surface area contributed by atoms with Crippen LogP contribution in [-0.2, 0) is 11.3 Å². The highest BCUT2D eigenvalue weighted by Crippen LogP contribution is 2.22. The van der Waals surface area contributed by atoms with Crippen LogP contribution in [0.4, 0.5) is 4.79 Å². The molecular formula is C15H20N2O2. The van der Waals surface area contributed by atoms with Gasteiger partial charge in [-0.1, -0.05) is 44.2 Å². The van der Waals surface area contributed by atoms with E-state index in [4.69, 9.17) is 4.74 Å². The highest BCUT2D eigenvalue weighted by molar-refractivity contribution is 5.69. The molecule has 0 heterocycles. The van der Waals surface area contributed by atoms with Crippen molar-refractivity contribution in [3.63, 3.8) is 0 Å². The van der Waals surface area contributed by atoms with E-state index >= 15 is 0 Å². The Morgan fingerprint density at radius 1 is 1.32 bits per heavy atom. The monoisotopic (exact) mass is 260 g/mol. The van der Waals surface area contributed by atoms with Crippen LogP contribution < -0.4 is 0 Å². The number of ether oxygens (including phenoxy) is 1. The summed E-state index contributed by atoms with van der Waals surface area (Å²) in [6.45, 7) is 4.01. The lowest BCUT2D eigenvalue weighted by atomic mass is 9.93. The molecule has 0 saturated heterocycles. The summed E-state index contributed by atoms with van der Waals surface area (Å²) in [5.41, 5.74) is 0.146. The zero-order chi connectivity index (χ0) is 14.3. The molecule has 102 valence electrons. The molecule has 0 saturated carbocycles. The minimum Gasteiger partial charge on any atom is -0.445 e. The van der Waals surface area contributed by atoms with Gasteiger partial charge in [-0.05, 0) is 18.4 Å². The predicted molar refractivity (Wildman–Crippen MR) is 73.3 cm³/mol. The third-order valence-electron chi connectivity index (χ3n) is 3.50. The van der Waals surface area contributed by atoms with E-state index in [1.165, 1.54) is 4.90 Å². The Bertz CT molecular complexity index is 447. The first-order valence-electron chi connectivity index (χ1n) is 6.45. The second-order valence-corrected chi connectivity index (χ2v) is 4.45. The average molecular weight is 260 g/mol. The van der Waals surface area contributed by atoms with E-state index in [9.17, 15) is 10.1 Å². The largest absolute Gasteiger partial charge is 0.445 e. The summed E-state index contributed by atoms with van der Waals surface area (Å²) in [6.07, 6.45) is 0.697. The van der Waals surface area contributed by atoms with E-state index in [1.807, 2.05) is 44.2 Å². The molecule has 4 nitrogen and oxygen atoms in total. The Hall–Kier alpha value is -2.02. The number of hydrogen-bond acceptors (Lipinski definition) is 3. The van der Waals surface area contributed by atoms with Crippen LogP contribution in [0.5, 0.6) is 0 Å². The summed E-state index contributed by atoms with van der Waals surface area (Å²) in [7, 11) is 1.61. The van der Waals surface area contributed by atoms with Crippen LogP contribution in [0.3, 0.4) is 0 Å². The third-order valence-corrected chi connectivity index (χ3v) is 3.50. The molecular weight excluding hydrogens is 240 g/mol. The van der Waals surface area contributed by atoms with E-state index in [-0.39, 0.29) is 6.61 Å². The van der Waals surface area contributed by atoms with Gasteiger partial charge in [0.1, 0.15) is 12.1 Å². The fourth-order valence-corrected chi connectivity index (χ4v) is 1.95. The number of benzene rings is 1. The van der Waals surface area contributed by atoms with Gasteiger partial charge < -0.3 is 4.74 Å². The molecule has 1 rings (SSSR count). The molecule has 1 aromatic carbocycles. The molecule has 0 bridgehead atoms. The molecule has 0 unspecified atom stereocenters. The molecule has 0 radical (unpaired) electrons.